The van der Waals surface area contributed by atoms with Crippen molar-refractivity contribution < 1.29 is 22.7 Å². The van der Waals surface area contributed by atoms with Crippen LogP contribution in [0.5, 0.6) is 5.75 Å². The van der Waals surface area contributed by atoms with E-state index in [0.29, 0.717) is 44.5 Å². The lowest BCUT2D eigenvalue weighted by Gasteiger charge is -2.26. The van der Waals surface area contributed by atoms with Crippen LogP contribution in [0, 0.1) is 0 Å². The fourth-order valence-corrected chi connectivity index (χ4v) is 4.99. The normalized spacial score (nSPS) is 21.1. The third-order valence-corrected chi connectivity index (χ3v) is 6.81. The molecular formula is C18H27N3O5S. The number of nitrogens with one attached hydrogen (secondary N) is 2. The number of rotatable bonds is 7. The second-order valence-corrected chi connectivity index (χ2v) is 8.68. The molecule has 0 bridgehead atoms. The molecule has 27 heavy (non-hydrogen) atoms. The summed E-state index contributed by atoms with van der Waals surface area (Å²) in [5.41, 5.74) is 0.638. The third-order valence-electron chi connectivity index (χ3n) is 4.89. The highest BCUT2D eigenvalue weighted by atomic mass is 32.2. The van der Waals surface area contributed by atoms with E-state index in [1.54, 1.807) is 12.1 Å². The molecule has 0 saturated carbocycles. The van der Waals surface area contributed by atoms with Gasteiger partial charge in [0.25, 0.3) is 0 Å². The summed E-state index contributed by atoms with van der Waals surface area (Å²) in [7, 11) is -2.26. The van der Waals surface area contributed by atoms with Gasteiger partial charge in [0, 0.05) is 25.7 Å². The second-order valence-electron chi connectivity index (χ2n) is 6.78. The molecule has 1 amide bonds. The number of carbonyl (C=O) groups is 1. The molecule has 2 aliphatic rings. The van der Waals surface area contributed by atoms with E-state index in [0.717, 1.165) is 19.4 Å². The highest BCUT2D eigenvalue weighted by Gasteiger charge is 2.29. The highest BCUT2D eigenvalue weighted by molar-refractivity contribution is 7.89. The van der Waals surface area contributed by atoms with E-state index in [-0.39, 0.29) is 23.0 Å². The van der Waals surface area contributed by atoms with Crippen LogP contribution in [0.1, 0.15) is 18.4 Å². The van der Waals surface area contributed by atoms with Crippen LogP contribution >= 0.6 is 0 Å². The predicted molar refractivity (Wildman–Crippen MR) is 100 cm³/mol. The van der Waals surface area contributed by atoms with E-state index in [9.17, 15) is 13.2 Å². The maximum Gasteiger partial charge on any atom is 0.246 e. The number of sulfonamides is 1. The lowest BCUT2D eigenvalue weighted by atomic mass is 10.1. The topological polar surface area (TPSA) is 97.0 Å². The van der Waals surface area contributed by atoms with Crippen molar-refractivity contribution in [1.29, 1.82) is 0 Å². The molecule has 2 saturated heterocycles. The fraction of sp³-hybridized carbons (Fsp3) is 0.611. The third kappa shape index (κ3) is 4.98. The molecule has 9 heteroatoms. The Labute approximate surface area is 160 Å². The first-order valence-electron chi connectivity index (χ1n) is 9.25. The Balaban J connectivity index is 1.71. The van der Waals surface area contributed by atoms with Gasteiger partial charge < -0.3 is 20.1 Å². The Bertz CT molecular complexity index is 756. The molecule has 0 radical (unpaired) electrons. The second kappa shape index (κ2) is 9.01. The standard InChI is InChI=1S/C18H27N3O5S/c1-25-16-5-4-14(12-18(22)20-13-15-3-2-6-19-15)11-17(16)27(23,24)21-7-9-26-10-8-21/h4-5,11,15,19H,2-3,6-10,12-13H2,1H3,(H,20,22). The first-order valence-corrected chi connectivity index (χ1v) is 10.7. The Morgan fingerprint density at radius 3 is 2.81 bits per heavy atom. The lowest BCUT2D eigenvalue weighted by molar-refractivity contribution is -0.120. The minimum Gasteiger partial charge on any atom is -0.495 e. The summed E-state index contributed by atoms with van der Waals surface area (Å²) in [5, 5.41) is 6.24. The zero-order chi connectivity index (χ0) is 19.3. The average molecular weight is 397 g/mol. The number of ether oxygens (including phenoxy) is 2. The van der Waals surface area contributed by atoms with Crippen LogP contribution < -0.4 is 15.4 Å². The van der Waals surface area contributed by atoms with Crippen LogP contribution in [-0.2, 0) is 26.0 Å². The zero-order valence-corrected chi connectivity index (χ0v) is 16.4. The number of methoxy groups -OCH3 is 1. The first kappa shape index (κ1) is 20.1. The molecule has 2 heterocycles. The number of nitrogens with zero attached hydrogens (tertiary/aromatic N) is 1. The first-order chi connectivity index (χ1) is 13.0. The monoisotopic (exact) mass is 397 g/mol. The molecule has 0 spiro atoms. The molecule has 1 aromatic carbocycles. The fourth-order valence-electron chi connectivity index (χ4n) is 3.37. The van der Waals surface area contributed by atoms with E-state index in [1.165, 1.54) is 17.5 Å². The SMILES string of the molecule is COc1ccc(CC(=O)NCC2CCCN2)cc1S(=O)(=O)N1CCOCC1. The van der Waals surface area contributed by atoms with E-state index in [4.69, 9.17) is 9.47 Å². The Hall–Kier alpha value is -1.68. The van der Waals surface area contributed by atoms with Gasteiger partial charge in [-0.25, -0.2) is 8.42 Å². The highest BCUT2D eigenvalue weighted by Crippen LogP contribution is 2.28. The van der Waals surface area contributed by atoms with Crippen LogP contribution in [0.2, 0.25) is 0 Å². The minimum absolute atomic E-state index is 0.0923. The van der Waals surface area contributed by atoms with Crippen LogP contribution in [-0.4, -0.2) is 71.2 Å². The Kier molecular flexibility index (Phi) is 6.69. The molecule has 1 atom stereocenters. The van der Waals surface area contributed by atoms with Gasteiger partial charge in [-0.15, -0.1) is 0 Å². The number of morpholine rings is 1. The van der Waals surface area contributed by atoms with Crippen molar-refractivity contribution in [2.45, 2.75) is 30.2 Å². The van der Waals surface area contributed by atoms with Crippen LogP contribution in [0.25, 0.3) is 0 Å². The average Bonchev–Trinajstić information content (AvgIpc) is 3.21. The molecule has 2 aliphatic heterocycles. The van der Waals surface area contributed by atoms with Gasteiger partial charge in [0.2, 0.25) is 15.9 Å². The van der Waals surface area contributed by atoms with Crippen molar-refractivity contribution in [3.05, 3.63) is 23.8 Å². The van der Waals surface area contributed by atoms with Crippen LogP contribution in [0.4, 0.5) is 0 Å². The molecule has 2 N–H and O–H groups in total. The van der Waals surface area contributed by atoms with Gasteiger partial charge in [-0.05, 0) is 37.1 Å². The Morgan fingerprint density at radius 2 is 2.15 bits per heavy atom. The van der Waals surface area contributed by atoms with Crippen molar-refractivity contribution >= 4 is 15.9 Å². The molecular weight excluding hydrogens is 370 g/mol. The summed E-state index contributed by atoms with van der Waals surface area (Å²) < 4.78 is 37.9. The smallest absolute Gasteiger partial charge is 0.246 e. The van der Waals surface area contributed by atoms with Gasteiger partial charge in [0.15, 0.2) is 0 Å². The Morgan fingerprint density at radius 1 is 1.37 bits per heavy atom. The largest absolute Gasteiger partial charge is 0.495 e. The molecule has 3 rings (SSSR count). The van der Waals surface area contributed by atoms with E-state index in [2.05, 4.69) is 10.6 Å². The predicted octanol–water partition coefficient (Wildman–Crippen LogP) is 0.127. The summed E-state index contributed by atoms with van der Waals surface area (Å²) in [6, 6.07) is 5.19. The summed E-state index contributed by atoms with van der Waals surface area (Å²) in [4.78, 5) is 12.3. The van der Waals surface area contributed by atoms with Crippen molar-refractivity contribution in [2.24, 2.45) is 0 Å². The van der Waals surface area contributed by atoms with E-state index in [1.807, 2.05) is 0 Å². The number of benzene rings is 1. The molecule has 1 unspecified atom stereocenters. The zero-order valence-electron chi connectivity index (χ0n) is 15.6. The van der Waals surface area contributed by atoms with Crippen LogP contribution in [0.15, 0.2) is 23.1 Å². The van der Waals surface area contributed by atoms with Crippen LogP contribution in [0.3, 0.4) is 0 Å². The lowest BCUT2D eigenvalue weighted by Crippen LogP contribution is -2.40. The van der Waals surface area contributed by atoms with E-state index < -0.39 is 10.0 Å². The van der Waals surface area contributed by atoms with Crippen molar-refractivity contribution in [3.8, 4) is 5.75 Å². The van der Waals surface area contributed by atoms with Gasteiger partial charge >= 0.3 is 0 Å². The number of carbonyl (C=O) groups excluding carboxylic acids is 1. The summed E-state index contributed by atoms with van der Waals surface area (Å²) in [5.74, 6) is 0.157. The molecule has 0 aliphatic carbocycles. The van der Waals surface area contributed by atoms with Gasteiger partial charge in [-0.2, -0.15) is 4.31 Å². The number of hydrogen-bond acceptors (Lipinski definition) is 6. The summed E-state index contributed by atoms with van der Waals surface area (Å²) in [6.07, 6.45) is 2.31. The molecule has 0 aromatic heterocycles. The molecule has 8 nitrogen and oxygen atoms in total. The van der Waals surface area contributed by atoms with Gasteiger partial charge in [-0.3, -0.25) is 4.79 Å². The van der Waals surface area contributed by atoms with Crippen molar-refractivity contribution in [3.63, 3.8) is 0 Å². The summed E-state index contributed by atoms with van der Waals surface area (Å²) >= 11 is 0. The molecule has 150 valence electrons. The molecule has 1 aromatic rings. The van der Waals surface area contributed by atoms with Crippen molar-refractivity contribution in [1.82, 2.24) is 14.9 Å². The van der Waals surface area contributed by atoms with E-state index >= 15 is 0 Å². The molecule has 2 fully saturated rings. The summed E-state index contributed by atoms with van der Waals surface area (Å²) in [6.45, 7) is 2.95. The number of amides is 1. The van der Waals surface area contributed by atoms with Crippen molar-refractivity contribution in [2.75, 3.05) is 46.5 Å². The maximum atomic E-state index is 13.0. The minimum atomic E-state index is -3.70. The maximum absolute atomic E-state index is 13.0. The van der Waals surface area contributed by atoms with Gasteiger partial charge in [-0.1, -0.05) is 6.07 Å². The quantitative estimate of drug-likeness (QED) is 0.679. The van der Waals surface area contributed by atoms with Gasteiger partial charge in [0.1, 0.15) is 10.6 Å². The number of hydrogen-bond donors (Lipinski definition) is 2. The van der Waals surface area contributed by atoms with Gasteiger partial charge in [0.05, 0.1) is 26.7 Å².